The van der Waals surface area contributed by atoms with Crippen molar-refractivity contribution in [3.8, 4) is 11.3 Å². The minimum Gasteiger partial charge on any atom is -0.481 e. The Balaban J connectivity index is 1.45. The molecule has 38 heavy (non-hydrogen) atoms. The van der Waals surface area contributed by atoms with Crippen LogP contribution in [-0.2, 0) is 25.3 Å². The molecule has 0 bridgehead atoms. The van der Waals surface area contributed by atoms with Crippen molar-refractivity contribution in [2.45, 2.75) is 31.5 Å². The summed E-state index contributed by atoms with van der Waals surface area (Å²) in [6, 6.07) is 10.9. The van der Waals surface area contributed by atoms with Gasteiger partial charge < -0.3 is 19.7 Å². The first-order valence-corrected chi connectivity index (χ1v) is 11.5. The van der Waals surface area contributed by atoms with E-state index in [1.165, 1.54) is 41.3 Å². The topological polar surface area (TPSA) is 138 Å². The molecule has 2 heterocycles. The van der Waals surface area contributed by atoms with Crippen LogP contribution in [0.2, 0.25) is 0 Å². The van der Waals surface area contributed by atoms with Crippen LogP contribution in [0, 0.1) is 0 Å². The molecule has 10 nitrogen and oxygen atoms in total. The Bertz CT molecular complexity index is 1440. The summed E-state index contributed by atoms with van der Waals surface area (Å²) in [7, 11) is 0. The van der Waals surface area contributed by atoms with Crippen LogP contribution >= 0.6 is 0 Å². The molecule has 1 aromatic heterocycles. The molecule has 4 rings (SSSR count). The molecule has 200 valence electrons. The number of anilines is 1. The number of halogens is 3. The van der Waals surface area contributed by atoms with E-state index in [1.807, 2.05) is 0 Å². The lowest BCUT2D eigenvalue weighted by molar-refractivity contribution is -0.152. The molecular formula is C25H22F3N3O7. The summed E-state index contributed by atoms with van der Waals surface area (Å²) in [4.78, 5) is 55.9. The predicted molar refractivity (Wildman–Crippen MR) is 128 cm³/mol. The second-order valence-corrected chi connectivity index (χ2v) is 8.51. The number of H-pyrrole nitrogens is 1. The molecule has 1 aliphatic rings. The number of nitrogens with one attached hydrogen (secondary N) is 2. The third-order valence-electron chi connectivity index (χ3n) is 5.81. The van der Waals surface area contributed by atoms with Crippen LogP contribution in [0.4, 0.5) is 23.7 Å². The number of carbonyl (C=O) groups is 3. The lowest BCUT2D eigenvalue weighted by atomic mass is 10.0. The zero-order valence-corrected chi connectivity index (χ0v) is 19.7. The Morgan fingerprint density at radius 1 is 1.13 bits per heavy atom. The van der Waals surface area contributed by atoms with E-state index in [0.29, 0.717) is 11.1 Å². The van der Waals surface area contributed by atoms with Crippen molar-refractivity contribution in [1.82, 2.24) is 10.5 Å². The average molecular weight is 533 g/mol. The number of pyridine rings is 1. The van der Waals surface area contributed by atoms with Gasteiger partial charge in [-0.2, -0.15) is 13.2 Å². The molecule has 1 saturated heterocycles. The fraction of sp³-hybridized carbons (Fsp3) is 0.280. The van der Waals surface area contributed by atoms with E-state index in [4.69, 9.17) is 14.7 Å². The van der Waals surface area contributed by atoms with Gasteiger partial charge in [0.05, 0.1) is 18.7 Å². The van der Waals surface area contributed by atoms with Gasteiger partial charge in [-0.05, 0) is 36.1 Å². The third kappa shape index (κ3) is 6.11. The Labute approximate surface area is 212 Å². The Morgan fingerprint density at radius 3 is 2.63 bits per heavy atom. The van der Waals surface area contributed by atoms with Gasteiger partial charge in [0, 0.05) is 35.2 Å². The number of aliphatic carboxylic acids is 1. The molecular weight excluding hydrogens is 511 g/mol. The second-order valence-electron chi connectivity index (χ2n) is 8.51. The van der Waals surface area contributed by atoms with Crippen molar-refractivity contribution in [3.63, 3.8) is 0 Å². The first-order chi connectivity index (χ1) is 18.0. The monoisotopic (exact) mass is 533 g/mol. The maximum Gasteiger partial charge on any atom is 0.417 e. The van der Waals surface area contributed by atoms with Crippen molar-refractivity contribution >= 4 is 34.5 Å². The van der Waals surface area contributed by atoms with Crippen LogP contribution in [-0.4, -0.2) is 47.3 Å². The number of alkyl halides is 3. The summed E-state index contributed by atoms with van der Waals surface area (Å²) in [5, 5.41) is 9.13. The quantitative estimate of drug-likeness (QED) is 0.353. The maximum atomic E-state index is 13.4. The van der Waals surface area contributed by atoms with Crippen LogP contribution in [0.25, 0.3) is 22.0 Å². The van der Waals surface area contributed by atoms with Crippen molar-refractivity contribution in [3.05, 3.63) is 64.4 Å². The highest BCUT2D eigenvalue weighted by molar-refractivity contribution is 5.94. The molecule has 1 atom stereocenters. The summed E-state index contributed by atoms with van der Waals surface area (Å²) in [5.74, 6) is -1.68. The van der Waals surface area contributed by atoms with Crippen LogP contribution < -0.4 is 15.9 Å². The first kappa shape index (κ1) is 26.7. The van der Waals surface area contributed by atoms with E-state index < -0.39 is 41.4 Å². The zero-order chi connectivity index (χ0) is 27.4. The highest BCUT2D eigenvalue weighted by Gasteiger charge is 2.34. The Kier molecular flexibility index (Phi) is 7.67. The van der Waals surface area contributed by atoms with Crippen LogP contribution in [0.1, 0.15) is 24.8 Å². The summed E-state index contributed by atoms with van der Waals surface area (Å²) in [6.45, 7) is 0.0475. The molecule has 0 aliphatic carbocycles. The molecule has 0 saturated carbocycles. The summed E-state index contributed by atoms with van der Waals surface area (Å²) < 4.78 is 45.6. The molecule has 1 fully saturated rings. The van der Waals surface area contributed by atoms with Gasteiger partial charge in [0.1, 0.15) is 6.10 Å². The van der Waals surface area contributed by atoms with Crippen molar-refractivity contribution < 1.29 is 42.2 Å². The number of cyclic esters (lactones) is 1. The predicted octanol–water partition coefficient (Wildman–Crippen LogP) is 3.84. The van der Waals surface area contributed by atoms with E-state index in [2.05, 4.69) is 10.5 Å². The lowest BCUT2D eigenvalue weighted by Crippen LogP contribution is -2.32. The van der Waals surface area contributed by atoms with Gasteiger partial charge >= 0.3 is 24.2 Å². The minimum atomic E-state index is -4.60. The average Bonchev–Trinajstić information content (AvgIpc) is 3.23. The largest absolute Gasteiger partial charge is 0.481 e. The van der Waals surface area contributed by atoms with Crippen molar-refractivity contribution in [2.75, 3.05) is 18.0 Å². The highest BCUT2D eigenvalue weighted by Crippen LogP contribution is 2.36. The summed E-state index contributed by atoms with van der Waals surface area (Å²) in [6.07, 6.45) is -6.13. The number of nitrogens with zero attached hydrogens (tertiary/aromatic N) is 1. The number of fused-ring (bicyclic) bond motifs is 1. The number of hydroxylamine groups is 1. The fourth-order valence-electron chi connectivity index (χ4n) is 4.01. The SMILES string of the molecule is O=C(O)CCCC(=O)ONCC1CN(c2ccc3cc(-c4ccccc4C(F)(F)F)[nH]c(=O)c3c2)C(=O)O1. The number of aromatic amines is 1. The van der Waals surface area contributed by atoms with E-state index in [1.54, 1.807) is 6.07 Å². The highest BCUT2D eigenvalue weighted by atomic mass is 19.4. The first-order valence-electron chi connectivity index (χ1n) is 11.5. The maximum absolute atomic E-state index is 13.4. The van der Waals surface area contributed by atoms with E-state index in [9.17, 15) is 32.3 Å². The molecule has 2 aromatic carbocycles. The number of rotatable bonds is 9. The number of ether oxygens (including phenoxy) is 1. The number of aromatic nitrogens is 1. The van der Waals surface area contributed by atoms with Crippen LogP contribution in [0.15, 0.2) is 53.3 Å². The number of hydrogen-bond donors (Lipinski definition) is 3. The number of carbonyl (C=O) groups excluding carboxylic acids is 2. The van der Waals surface area contributed by atoms with Gasteiger partial charge in [0.2, 0.25) is 0 Å². The third-order valence-corrected chi connectivity index (χ3v) is 5.81. The number of carboxylic acids is 1. The summed E-state index contributed by atoms with van der Waals surface area (Å²) >= 11 is 0. The molecule has 3 aromatic rings. The van der Waals surface area contributed by atoms with Gasteiger partial charge in [-0.1, -0.05) is 24.3 Å². The van der Waals surface area contributed by atoms with Crippen molar-refractivity contribution in [2.24, 2.45) is 0 Å². The zero-order valence-electron chi connectivity index (χ0n) is 19.7. The van der Waals surface area contributed by atoms with Gasteiger partial charge in [0.25, 0.3) is 5.56 Å². The molecule has 3 N–H and O–H groups in total. The van der Waals surface area contributed by atoms with Gasteiger partial charge in [-0.15, -0.1) is 5.48 Å². The number of carboxylic acid groups (broad SMARTS) is 1. The van der Waals surface area contributed by atoms with Gasteiger partial charge in [0.15, 0.2) is 0 Å². The molecule has 13 heteroatoms. The molecule has 1 unspecified atom stereocenters. The second kappa shape index (κ2) is 10.9. The van der Waals surface area contributed by atoms with E-state index in [-0.39, 0.29) is 49.0 Å². The smallest absolute Gasteiger partial charge is 0.417 e. The van der Waals surface area contributed by atoms with Crippen LogP contribution in [0.5, 0.6) is 0 Å². The van der Waals surface area contributed by atoms with Crippen LogP contribution in [0.3, 0.4) is 0 Å². The van der Waals surface area contributed by atoms with Gasteiger partial charge in [-0.25, -0.2) is 4.79 Å². The van der Waals surface area contributed by atoms with Crippen molar-refractivity contribution in [1.29, 1.82) is 0 Å². The number of amides is 1. The van der Waals surface area contributed by atoms with E-state index in [0.717, 1.165) is 6.07 Å². The fourth-order valence-corrected chi connectivity index (χ4v) is 4.01. The Hall–Kier alpha value is -4.39. The molecule has 0 radical (unpaired) electrons. The summed E-state index contributed by atoms with van der Waals surface area (Å²) in [5.41, 5.74) is 1.07. The number of hydrogen-bond acceptors (Lipinski definition) is 7. The molecule has 0 spiro atoms. The van der Waals surface area contributed by atoms with E-state index >= 15 is 0 Å². The lowest BCUT2D eigenvalue weighted by Gasteiger charge is -2.15. The normalized spacial score (nSPS) is 15.5. The standard InChI is InChI=1S/C25H22F3N3O7/c26-25(27,28)19-5-2-1-4-17(19)20-10-14-8-9-15(11-18(14)23(35)30-20)31-13-16(37-24(31)36)12-29-38-22(34)7-3-6-21(32)33/h1-2,4-5,8-11,16,29H,3,6-7,12-13H2,(H,30,35)(H,32,33). The minimum absolute atomic E-state index is 0.00685. The Morgan fingerprint density at radius 2 is 1.89 bits per heavy atom. The molecule has 1 aliphatic heterocycles. The van der Waals surface area contributed by atoms with Gasteiger partial charge in [-0.3, -0.25) is 19.3 Å². The number of benzene rings is 2. The molecule has 1 amide bonds.